The van der Waals surface area contributed by atoms with Crippen molar-refractivity contribution in [2.45, 2.75) is 0 Å². The molecule has 0 radical (unpaired) electrons. The van der Waals surface area contributed by atoms with Crippen molar-refractivity contribution in [1.29, 1.82) is 0 Å². The first-order valence-electron chi connectivity index (χ1n) is 18.7. The van der Waals surface area contributed by atoms with Gasteiger partial charge in [0.15, 0.2) is 5.58 Å². The molecule has 2 heterocycles. The summed E-state index contributed by atoms with van der Waals surface area (Å²) in [6, 6.07) is 72.2. The summed E-state index contributed by atoms with van der Waals surface area (Å²) in [5, 5.41) is 7.33. The molecular formula is C52H33NOS. The van der Waals surface area contributed by atoms with Crippen LogP contribution < -0.4 is 4.90 Å². The summed E-state index contributed by atoms with van der Waals surface area (Å²) in [7, 11) is 0. The van der Waals surface area contributed by atoms with Gasteiger partial charge in [-0.05, 0) is 87.1 Å². The molecule has 0 unspecified atom stereocenters. The van der Waals surface area contributed by atoms with Crippen LogP contribution in [-0.4, -0.2) is 0 Å². The molecule has 0 bridgehead atoms. The van der Waals surface area contributed by atoms with Gasteiger partial charge < -0.3 is 9.32 Å². The molecular weight excluding hydrogens is 687 g/mol. The first-order chi connectivity index (χ1) is 27.3. The number of hydrogen-bond donors (Lipinski definition) is 0. The lowest BCUT2D eigenvalue weighted by Gasteiger charge is -2.28. The van der Waals surface area contributed by atoms with Crippen LogP contribution in [0.25, 0.3) is 86.3 Å². The SMILES string of the molecule is c1cc(-c2ccccc2N(c2ccc(-c3ccc4c(c3)sc3ccccc34)cc2)c2cccc3c2oc2ccccc23)cc(-c2cccc3ccccc23)c1. The van der Waals surface area contributed by atoms with E-state index in [2.05, 4.69) is 199 Å². The van der Waals surface area contributed by atoms with Gasteiger partial charge >= 0.3 is 0 Å². The van der Waals surface area contributed by atoms with E-state index in [0.717, 1.165) is 50.1 Å². The summed E-state index contributed by atoms with van der Waals surface area (Å²) in [5.41, 5.74) is 12.0. The highest BCUT2D eigenvalue weighted by Crippen LogP contribution is 2.46. The lowest BCUT2D eigenvalue weighted by atomic mass is 9.94. The molecule has 0 aliphatic carbocycles. The monoisotopic (exact) mass is 719 g/mol. The fraction of sp³-hybridized carbons (Fsp3) is 0. The highest BCUT2D eigenvalue weighted by molar-refractivity contribution is 7.25. The average molecular weight is 720 g/mol. The maximum Gasteiger partial charge on any atom is 0.159 e. The van der Waals surface area contributed by atoms with Crippen LogP contribution >= 0.6 is 11.3 Å². The molecule has 2 nitrogen and oxygen atoms in total. The Hall–Kier alpha value is -6.94. The van der Waals surface area contributed by atoms with E-state index in [1.54, 1.807) is 0 Å². The third kappa shape index (κ3) is 5.32. The second-order valence-corrected chi connectivity index (χ2v) is 15.2. The fourth-order valence-electron chi connectivity index (χ4n) is 8.27. The van der Waals surface area contributed by atoms with Crippen LogP contribution in [0.3, 0.4) is 0 Å². The molecule has 0 atom stereocenters. The largest absolute Gasteiger partial charge is 0.454 e. The first-order valence-corrected chi connectivity index (χ1v) is 19.5. The molecule has 0 saturated carbocycles. The fourth-order valence-corrected chi connectivity index (χ4v) is 9.41. The Balaban J connectivity index is 1.08. The van der Waals surface area contributed by atoms with Gasteiger partial charge in [-0.15, -0.1) is 11.3 Å². The number of rotatable bonds is 6. The maximum absolute atomic E-state index is 6.69. The van der Waals surface area contributed by atoms with Crippen molar-refractivity contribution < 1.29 is 4.42 Å². The number of thiophene rings is 1. The van der Waals surface area contributed by atoms with E-state index in [9.17, 15) is 0 Å². The third-order valence-corrected chi connectivity index (χ3v) is 12.0. The van der Waals surface area contributed by atoms with E-state index in [-0.39, 0.29) is 0 Å². The van der Waals surface area contributed by atoms with Gasteiger partial charge in [-0.3, -0.25) is 0 Å². The number of hydrogen-bond acceptors (Lipinski definition) is 3. The second-order valence-electron chi connectivity index (χ2n) is 14.1. The molecule has 3 heteroatoms. The zero-order valence-corrected chi connectivity index (χ0v) is 30.6. The van der Waals surface area contributed by atoms with E-state index >= 15 is 0 Å². The van der Waals surface area contributed by atoms with Crippen molar-refractivity contribution in [2.75, 3.05) is 4.90 Å². The van der Waals surface area contributed by atoms with Crippen molar-refractivity contribution >= 4 is 81.3 Å². The van der Waals surface area contributed by atoms with E-state index in [1.807, 2.05) is 17.4 Å². The molecule has 2 aromatic heterocycles. The Labute approximate surface area is 322 Å². The zero-order chi connectivity index (χ0) is 36.3. The van der Waals surface area contributed by atoms with Gasteiger partial charge in [-0.1, -0.05) is 152 Å². The first kappa shape index (κ1) is 31.6. The lowest BCUT2D eigenvalue weighted by molar-refractivity contribution is 0.669. The lowest BCUT2D eigenvalue weighted by Crippen LogP contribution is -2.11. The van der Waals surface area contributed by atoms with Gasteiger partial charge in [0.05, 0.1) is 11.4 Å². The molecule has 9 aromatic carbocycles. The molecule has 11 aromatic rings. The molecule has 55 heavy (non-hydrogen) atoms. The van der Waals surface area contributed by atoms with Crippen molar-refractivity contribution in [3.05, 3.63) is 200 Å². The van der Waals surface area contributed by atoms with E-state index in [0.29, 0.717) is 0 Å². The molecule has 11 rings (SSSR count). The highest BCUT2D eigenvalue weighted by Gasteiger charge is 2.22. The standard InChI is InChI=1S/C52H33NOS/c1-2-16-40-35(12-1)13-10-20-41(40)37-14-9-15-38(32-37)42-17-3-6-22-47(42)53(48-23-11-21-46-43-18-4-7-24-49(43)54-52(46)48)39-29-26-34(27-30-39)36-28-31-45-44-19-5-8-25-50(44)55-51(45)33-36/h1-33H. The van der Waals surface area contributed by atoms with Gasteiger partial charge in [0.1, 0.15) is 5.58 Å². The molecule has 0 aliphatic heterocycles. The Bertz CT molecular complexity index is 3220. The summed E-state index contributed by atoms with van der Waals surface area (Å²) in [6.07, 6.45) is 0. The van der Waals surface area contributed by atoms with Crippen LogP contribution in [0, 0.1) is 0 Å². The van der Waals surface area contributed by atoms with Crippen LogP contribution in [0.1, 0.15) is 0 Å². The van der Waals surface area contributed by atoms with Crippen molar-refractivity contribution in [1.82, 2.24) is 0 Å². The number of furan rings is 1. The average Bonchev–Trinajstić information content (AvgIpc) is 3.83. The number of anilines is 3. The van der Waals surface area contributed by atoms with Crippen molar-refractivity contribution in [2.24, 2.45) is 0 Å². The topological polar surface area (TPSA) is 16.4 Å². The number of para-hydroxylation sites is 3. The zero-order valence-electron chi connectivity index (χ0n) is 29.8. The molecule has 258 valence electrons. The van der Waals surface area contributed by atoms with Crippen LogP contribution in [0.2, 0.25) is 0 Å². The highest BCUT2D eigenvalue weighted by atomic mass is 32.1. The molecule has 0 amide bonds. The van der Waals surface area contributed by atoms with Crippen LogP contribution in [-0.2, 0) is 0 Å². The van der Waals surface area contributed by atoms with Gasteiger partial charge in [-0.25, -0.2) is 0 Å². The smallest absolute Gasteiger partial charge is 0.159 e. The van der Waals surface area contributed by atoms with E-state index in [1.165, 1.54) is 53.2 Å². The Morgan fingerprint density at radius 2 is 0.982 bits per heavy atom. The summed E-state index contributed by atoms with van der Waals surface area (Å²) >= 11 is 1.86. The van der Waals surface area contributed by atoms with Crippen molar-refractivity contribution in [3.63, 3.8) is 0 Å². The predicted molar refractivity (Wildman–Crippen MR) is 235 cm³/mol. The Kier molecular flexibility index (Phi) is 7.39. The molecule has 0 fully saturated rings. The maximum atomic E-state index is 6.69. The summed E-state index contributed by atoms with van der Waals surface area (Å²) in [6.45, 7) is 0. The number of benzene rings is 9. The quantitative estimate of drug-likeness (QED) is 0.170. The number of nitrogens with zero attached hydrogens (tertiary/aromatic N) is 1. The van der Waals surface area contributed by atoms with Crippen molar-refractivity contribution in [3.8, 4) is 33.4 Å². The Morgan fingerprint density at radius 3 is 1.89 bits per heavy atom. The second kappa shape index (κ2) is 12.9. The summed E-state index contributed by atoms with van der Waals surface area (Å²) in [4.78, 5) is 2.36. The van der Waals surface area contributed by atoms with E-state index < -0.39 is 0 Å². The molecule has 0 N–H and O–H groups in total. The summed E-state index contributed by atoms with van der Waals surface area (Å²) in [5.74, 6) is 0. The van der Waals surface area contributed by atoms with Crippen LogP contribution in [0.4, 0.5) is 17.1 Å². The minimum atomic E-state index is 0.863. The van der Waals surface area contributed by atoms with Gasteiger partial charge in [0.25, 0.3) is 0 Å². The number of fused-ring (bicyclic) bond motifs is 7. The molecule has 0 spiro atoms. The van der Waals surface area contributed by atoms with Crippen LogP contribution in [0.5, 0.6) is 0 Å². The van der Waals surface area contributed by atoms with Crippen LogP contribution in [0.15, 0.2) is 205 Å². The Morgan fingerprint density at radius 1 is 0.364 bits per heavy atom. The molecule has 0 saturated heterocycles. The van der Waals surface area contributed by atoms with Gasteiger partial charge in [0.2, 0.25) is 0 Å². The minimum absolute atomic E-state index is 0.863. The van der Waals surface area contributed by atoms with Gasteiger partial charge in [-0.2, -0.15) is 0 Å². The normalized spacial score (nSPS) is 11.6. The molecule has 0 aliphatic rings. The predicted octanol–water partition coefficient (Wildman–Crippen LogP) is 15.6. The van der Waals surface area contributed by atoms with E-state index in [4.69, 9.17) is 4.42 Å². The minimum Gasteiger partial charge on any atom is -0.454 e. The van der Waals surface area contributed by atoms with Gasteiger partial charge in [0, 0.05) is 42.2 Å². The summed E-state index contributed by atoms with van der Waals surface area (Å²) < 4.78 is 9.32. The third-order valence-electron chi connectivity index (χ3n) is 10.9.